The number of aromatic nitrogens is 3. The summed E-state index contributed by atoms with van der Waals surface area (Å²) in [6, 6.07) is 8.05. The first kappa shape index (κ1) is 13.4. The third kappa shape index (κ3) is 1.93. The number of hydrogen-bond acceptors (Lipinski definition) is 2. The molecular formula is C16H17N3O2. The predicted molar refractivity (Wildman–Crippen MR) is 83.1 cm³/mol. The molecule has 0 radical (unpaired) electrons. The fraction of sp³-hybridized carbons (Fsp3) is 0.250. The Kier molecular flexibility index (Phi) is 3.05. The third-order valence-electron chi connectivity index (χ3n) is 3.93. The minimum Gasteiger partial charge on any atom is -0.321 e. The van der Waals surface area contributed by atoms with Crippen molar-refractivity contribution < 1.29 is 0 Å². The molecule has 0 amide bonds. The molecule has 0 saturated carbocycles. The van der Waals surface area contributed by atoms with Crippen LogP contribution in [0.3, 0.4) is 0 Å². The Morgan fingerprint density at radius 1 is 1.00 bits per heavy atom. The Labute approximate surface area is 121 Å². The van der Waals surface area contributed by atoms with Gasteiger partial charge in [-0.25, -0.2) is 4.79 Å². The molecule has 0 bridgehead atoms. The van der Waals surface area contributed by atoms with Gasteiger partial charge in [0.25, 0.3) is 5.56 Å². The molecule has 2 aromatic heterocycles. The number of rotatable bonds is 2. The van der Waals surface area contributed by atoms with Crippen LogP contribution in [0.4, 0.5) is 0 Å². The lowest BCUT2D eigenvalue weighted by molar-refractivity contribution is 0.714. The van der Waals surface area contributed by atoms with Crippen molar-refractivity contribution in [2.24, 2.45) is 14.1 Å². The molecule has 5 heteroatoms. The van der Waals surface area contributed by atoms with Crippen LogP contribution in [0, 0.1) is 0 Å². The molecule has 0 unspecified atom stereocenters. The van der Waals surface area contributed by atoms with Gasteiger partial charge in [0.05, 0.1) is 10.9 Å². The van der Waals surface area contributed by atoms with E-state index in [9.17, 15) is 9.59 Å². The highest BCUT2D eigenvalue weighted by Crippen LogP contribution is 2.19. The summed E-state index contributed by atoms with van der Waals surface area (Å²) in [5.41, 5.74) is 2.30. The molecule has 0 atom stereocenters. The van der Waals surface area contributed by atoms with E-state index in [-0.39, 0.29) is 11.2 Å². The molecule has 5 nitrogen and oxygen atoms in total. The molecule has 2 heterocycles. The highest BCUT2D eigenvalue weighted by molar-refractivity contribution is 5.78. The van der Waals surface area contributed by atoms with Crippen LogP contribution in [0.25, 0.3) is 16.6 Å². The van der Waals surface area contributed by atoms with Gasteiger partial charge in [0.2, 0.25) is 0 Å². The highest BCUT2D eigenvalue weighted by Gasteiger charge is 2.12. The van der Waals surface area contributed by atoms with Crippen LogP contribution in [0.5, 0.6) is 0 Å². The molecule has 0 fully saturated rings. The Hall–Kier alpha value is -2.56. The molecule has 0 aliphatic carbocycles. The molecular weight excluding hydrogens is 266 g/mol. The zero-order valence-electron chi connectivity index (χ0n) is 12.3. The Morgan fingerprint density at radius 3 is 2.43 bits per heavy atom. The van der Waals surface area contributed by atoms with Crippen molar-refractivity contribution in [2.45, 2.75) is 13.3 Å². The standard InChI is InChI=1S/C16H17N3O2/c1-4-11-7-5-6-8-13(11)19-9-12-14(10-19)17(2)16(21)18(3)15(12)20/h5-10H,4H2,1-3H3. The van der Waals surface area contributed by atoms with E-state index in [4.69, 9.17) is 0 Å². The van der Waals surface area contributed by atoms with Crippen molar-refractivity contribution in [2.75, 3.05) is 0 Å². The maximum atomic E-state index is 12.2. The Morgan fingerprint density at radius 2 is 1.71 bits per heavy atom. The van der Waals surface area contributed by atoms with Crippen LogP contribution in [0.2, 0.25) is 0 Å². The summed E-state index contributed by atoms with van der Waals surface area (Å²) in [6.45, 7) is 2.09. The van der Waals surface area contributed by atoms with E-state index < -0.39 is 0 Å². The quantitative estimate of drug-likeness (QED) is 0.717. The molecule has 3 rings (SSSR count). The fourth-order valence-electron chi connectivity index (χ4n) is 2.67. The van der Waals surface area contributed by atoms with Crippen LogP contribution >= 0.6 is 0 Å². The van der Waals surface area contributed by atoms with Gasteiger partial charge in [-0.2, -0.15) is 0 Å². The summed E-state index contributed by atoms with van der Waals surface area (Å²) in [4.78, 5) is 24.2. The molecule has 3 aromatic rings. The van der Waals surface area contributed by atoms with Crippen molar-refractivity contribution in [3.05, 3.63) is 63.1 Å². The van der Waals surface area contributed by atoms with Crippen molar-refractivity contribution in [1.82, 2.24) is 13.7 Å². The summed E-state index contributed by atoms with van der Waals surface area (Å²) in [7, 11) is 3.18. The van der Waals surface area contributed by atoms with Crippen molar-refractivity contribution in [3.63, 3.8) is 0 Å². The summed E-state index contributed by atoms with van der Waals surface area (Å²) >= 11 is 0. The predicted octanol–water partition coefficient (Wildman–Crippen LogP) is 1.59. The number of para-hydroxylation sites is 1. The SMILES string of the molecule is CCc1ccccc1-n1cc2c(=O)n(C)c(=O)n(C)c2c1. The van der Waals surface area contributed by atoms with Gasteiger partial charge >= 0.3 is 5.69 Å². The van der Waals surface area contributed by atoms with Gasteiger partial charge < -0.3 is 4.57 Å². The number of aryl methyl sites for hydroxylation is 2. The largest absolute Gasteiger partial charge is 0.330 e. The number of benzene rings is 1. The van der Waals surface area contributed by atoms with Crippen molar-refractivity contribution in [3.8, 4) is 5.69 Å². The van der Waals surface area contributed by atoms with Gasteiger partial charge in [0.1, 0.15) is 0 Å². The van der Waals surface area contributed by atoms with Gasteiger partial charge in [-0.15, -0.1) is 0 Å². The lowest BCUT2D eigenvalue weighted by Crippen LogP contribution is -2.36. The molecule has 21 heavy (non-hydrogen) atoms. The first-order valence-corrected chi connectivity index (χ1v) is 6.90. The molecule has 108 valence electrons. The van der Waals surface area contributed by atoms with Crippen LogP contribution in [-0.2, 0) is 20.5 Å². The van der Waals surface area contributed by atoms with E-state index in [1.807, 2.05) is 29.0 Å². The monoisotopic (exact) mass is 283 g/mol. The second-order valence-electron chi connectivity index (χ2n) is 5.15. The number of fused-ring (bicyclic) bond motifs is 1. The second kappa shape index (κ2) is 4.77. The lowest BCUT2D eigenvalue weighted by atomic mass is 10.1. The van der Waals surface area contributed by atoms with Crippen LogP contribution in [0.15, 0.2) is 46.2 Å². The minimum absolute atomic E-state index is 0.263. The van der Waals surface area contributed by atoms with Crippen LogP contribution < -0.4 is 11.2 Å². The maximum absolute atomic E-state index is 12.2. The average Bonchev–Trinajstić information content (AvgIpc) is 2.96. The summed E-state index contributed by atoms with van der Waals surface area (Å²) in [6.07, 6.45) is 4.54. The van der Waals surface area contributed by atoms with Crippen molar-refractivity contribution >= 4 is 10.9 Å². The second-order valence-corrected chi connectivity index (χ2v) is 5.15. The van der Waals surface area contributed by atoms with Crippen LogP contribution in [-0.4, -0.2) is 13.7 Å². The summed E-state index contributed by atoms with van der Waals surface area (Å²) in [5, 5.41) is 0.547. The molecule has 0 saturated heterocycles. The van der Waals surface area contributed by atoms with E-state index >= 15 is 0 Å². The highest BCUT2D eigenvalue weighted by atomic mass is 16.2. The number of nitrogens with zero attached hydrogens (tertiary/aromatic N) is 3. The van der Waals surface area contributed by atoms with Crippen LogP contribution in [0.1, 0.15) is 12.5 Å². The van der Waals surface area contributed by atoms with Gasteiger partial charge in [-0.3, -0.25) is 13.9 Å². The Balaban J connectivity index is 2.37. The molecule has 0 aliphatic heterocycles. The van der Waals surface area contributed by atoms with E-state index in [1.165, 1.54) is 17.2 Å². The van der Waals surface area contributed by atoms with Gasteiger partial charge in [-0.05, 0) is 18.1 Å². The van der Waals surface area contributed by atoms with E-state index in [0.717, 1.165) is 16.7 Å². The average molecular weight is 283 g/mol. The fourth-order valence-corrected chi connectivity index (χ4v) is 2.67. The molecule has 0 spiro atoms. The topological polar surface area (TPSA) is 48.9 Å². The Bertz CT molecular complexity index is 944. The summed E-state index contributed by atoms with van der Waals surface area (Å²) < 4.78 is 4.56. The van der Waals surface area contributed by atoms with Crippen molar-refractivity contribution in [1.29, 1.82) is 0 Å². The van der Waals surface area contributed by atoms with Gasteiger partial charge in [-0.1, -0.05) is 25.1 Å². The molecule has 0 aliphatic rings. The first-order valence-electron chi connectivity index (χ1n) is 6.90. The smallest absolute Gasteiger partial charge is 0.321 e. The third-order valence-corrected chi connectivity index (χ3v) is 3.93. The number of hydrogen-bond donors (Lipinski definition) is 0. The van der Waals surface area contributed by atoms with Gasteiger partial charge in [0.15, 0.2) is 0 Å². The molecule has 0 N–H and O–H groups in total. The van der Waals surface area contributed by atoms with E-state index in [2.05, 4.69) is 13.0 Å². The molecule has 1 aromatic carbocycles. The van der Waals surface area contributed by atoms with E-state index in [0.29, 0.717) is 10.9 Å². The van der Waals surface area contributed by atoms with E-state index in [1.54, 1.807) is 13.2 Å². The zero-order chi connectivity index (χ0) is 15.1. The normalized spacial score (nSPS) is 11.2. The first-order chi connectivity index (χ1) is 10.0. The zero-order valence-corrected chi connectivity index (χ0v) is 12.3. The lowest BCUT2D eigenvalue weighted by Gasteiger charge is -2.08. The minimum atomic E-state index is -0.311. The maximum Gasteiger partial charge on any atom is 0.330 e. The summed E-state index contributed by atoms with van der Waals surface area (Å²) in [5.74, 6) is 0. The van der Waals surface area contributed by atoms with Gasteiger partial charge in [0, 0.05) is 32.2 Å².